The minimum absolute atomic E-state index is 0.0210. The summed E-state index contributed by atoms with van der Waals surface area (Å²) in [7, 11) is 0. The van der Waals surface area contributed by atoms with Crippen LogP contribution in [0.1, 0.15) is 106 Å². The number of fused-ring (bicyclic) bond motifs is 1. The number of aliphatic hydroxyl groups is 2. The number of phenols is 1. The number of aliphatic hydroxyl groups excluding tert-OH is 2. The fourth-order valence-corrected chi connectivity index (χ4v) is 12.3. The van der Waals surface area contributed by atoms with Crippen molar-refractivity contribution in [2.24, 2.45) is 59.0 Å². The molecule has 4 aliphatic carbocycles. The number of carbonyl (C=O) groups is 1. The maximum atomic E-state index is 13.4. The molecule has 0 spiro atoms. The number of carboxylic acids is 1. The fourth-order valence-electron chi connectivity index (χ4n) is 12.3. The van der Waals surface area contributed by atoms with Crippen LogP contribution < -0.4 is 5.73 Å². The molecule has 4 aliphatic rings. The number of aromatic hydroxyl groups is 1. The smallest absolute Gasteiger partial charge is 0.310 e. The maximum Gasteiger partial charge on any atom is 0.310 e. The van der Waals surface area contributed by atoms with E-state index in [0.717, 1.165) is 75.3 Å². The van der Waals surface area contributed by atoms with Crippen molar-refractivity contribution in [1.82, 2.24) is 0 Å². The van der Waals surface area contributed by atoms with E-state index in [4.69, 9.17) is 5.73 Å². The number of carboxylic acid groups (broad SMARTS) is 1. The largest absolute Gasteiger partial charge is 0.508 e. The third-order valence-electron chi connectivity index (χ3n) is 15.0. The molecule has 0 saturated heterocycles. The summed E-state index contributed by atoms with van der Waals surface area (Å²) in [5, 5.41) is 42.2. The van der Waals surface area contributed by atoms with E-state index in [1.807, 2.05) is 36.4 Å². The predicted molar refractivity (Wildman–Crippen MR) is 238 cm³/mol. The molecule has 0 aromatic heterocycles. The molecule has 6 N–H and O–H groups in total. The first-order valence-corrected chi connectivity index (χ1v) is 22.9. The van der Waals surface area contributed by atoms with Crippen molar-refractivity contribution < 1.29 is 25.2 Å². The van der Waals surface area contributed by atoms with E-state index >= 15 is 0 Å². The first-order valence-electron chi connectivity index (χ1n) is 22.9. The molecular formula is C53H69NO5. The van der Waals surface area contributed by atoms with E-state index in [1.165, 1.54) is 43.2 Å². The molecule has 0 unspecified atom stereocenters. The van der Waals surface area contributed by atoms with Crippen LogP contribution in [0.3, 0.4) is 0 Å². The van der Waals surface area contributed by atoms with Gasteiger partial charge < -0.3 is 26.2 Å². The van der Waals surface area contributed by atoms with Crippen LogP contribution >= 0.6 is 0 Å². The van der Waals surface area contributed by atoms with Crippen LogP contribution in [0, 0.1) is 53.3 Å². The van der Waals surface area contributed by atoms with Crippen molar-refractivity contribution in [3.63, 3.8) is 0 Å². The highest BCUT2D eigenvalue weighted by Crippen LogP contribution is 2.58. The monoisotopic (exact) mass is 800 g/mol. The molecule has 316 valence electrons. The lowest BCUT2D eigenvalue weighted by Gasteiger charge is -2.56. The third-order valence-corrected chi connectivity index (χ3v) is 15.0. The molecule has 2 saturated carbocycles. The van der Waals surface area contributed by atoms with Crippen molar-refractivity contribution in [1.29, 1.82) is 0 Å². The molecule has 59 heavy (non-hydrogen) atoms. The van der Waals surface area contributed by atoms with E-state index in [2.05, 4.69) is 72.8 Å². The van der Waals surface area contributed by atoms with Crippen LogP contribution in [-0.4, -0.2) is 39.0 Å². The third kappa shape index (κ3) is 10.7. The summed E-state index contributed by atoms with van der Waals surface area (Å²) in [6, 6.07) is 26.8. The standard InChI is InChI=1S/C53H69NO5/c54-35-44-24-26-48(52(58)59)51-49(53(45-18-5-2-6-19-45)28-10-17-41(34-53)30-40-15-9-21-47(57)33-40)27-25-43(50(44)51)31-39(23-22-38-13-7-16-42(29-38)36-55)14-8-20-46(56)32-37-11-3-1-4-12-37/h2,5-9,13,15-16,18-21,24-27,29,33,37,39,41,43-44,46,48-51,55-57H,1,3-4,10-12,14,17,22-23,28,30-32,34-36,54H2,(H,58,59)/t39-,41+,43-,44+,46-,48+,49-,50-,51-,53+/m0/s1. The van der Waals surface area contributed by atoms with E-state index in [9.17, 15) is 25.2 Å². The molecule has 0 amide bonds. The molecule has 10 atom stereocenters. The van der Waals surface area contributed by atoms with Crippen molar-refractivity contribution in [2.45, 2.75) is 114 Å². The zero-order chi connectivity index (χ0) is 41.2. The van der Waals surface area contributed by atoms with Crippen molar-refractivity contribution >= 4 is 5.97 Å². The van der Waals surface area contributed by atoms with Gasteiger partial charge in [0.1, 0.15) is 5.75 Å². The van der Waals surface area contributed by atoms with Crippen molar-refractivity contribution in [3.8, 4) is 5.75 Å². The van der Waals surface area contributed by atoms with Crippen LogP contribution in [0.5, 0.6) is 5.75 Å². The lowest BCUT2D eigenvalue weighted by molar-refractivity contribution is -0.145. The average Bonchev–Trinajstić information content (AvgIpc) is 3.25. The Labute approximate surface area is 353 Å². The molecule has 3 aromatic rings. The first-order chi connectivity index (χ1) is 28.8. The summed E-state index contributed by atoms with van der Waals surface area (Å²) in [5.74, 6) is 0.469. The zero-order valence-electron chi connectivity index (χ0n) is 35.0. The van der Waals surface area contributed by atoms with Gasteiger partial charge in [-0.1, -0.05) is 148 Å². The number of phenolic OH excluding ortho intramolecular Hbond substituents is 1. The quantitative estimate of drug-likeness (QED) is 0.0867. The van der Waals surface area contributed by atoms with E-state index in [0.29, 0.717) is 30.0 Å². The molecule has 0 heterocycles. The number of rotatable bonds is 17. The number of hydrogen-bond donors (Lipinski definition) is 5. The van der Waals surface area contributed by atoms with Gasteiger partial charge in [-0.15, -0.1) is 0 Å². The molecule has 0 bridgehead atoms. The summed E-state index contributed by atoms with van der Waals surface area (Å²) in [4.78, 5) is 13.4. The molecule has 0 radical (unpaired) electrons. The van der Waals surface area contributed by atoms with Crippen LogP contribution in [0.2, 0.25) is 0 Å². The summed E-state index contributed by atoms with van der Waals surface area (Å²) >= 11 is 0. The summed E-state index contributed by atoms with van der Waals surface area (Å²) in [6.45, 7) is 0.501. The Kier molecular flexibility index (Phi) is 15.0. The highest BCUT2D eigenvalue weighted by atomic mass is 16.4. The van der Waals surface area contributed by atoms with Gasteiger partial charge in [0.2, 0.25) is 0 Å². The highest BCUT2D eigenvalue weighted by Gasteiger charge is 2.55. The van der Waals surface area contributed by atoms with E-state index in [1.54, 1.807) is 6.07 Å². The molecule has 3 aromatic carbocycles. The first kappa shape index (κ1) is 43.1. The molecule has 6 heteroatoms. The molecular weight excluding hydrogens is 731 g/mol. The maximum absolute atomic E-state index is 13.4. The number of aliphatic carboxylic acids is 1. The van der Waals surface area contributed by atoms with Gasteiger partial charge >= 0.3 is 5.97 Å². The highest BCUT2D eigenvalue weighted by molar-refractivity contribution is 5.73. The van der Waals surface area contributed by atoms with Crippen LogP contribution in [-0.2, 0) is 29.7 Å². The topological polar surface area (TPSA) is 124 Å². The van der Waals surface area contributed by atoms with Gasteiger partial charge in [0.15, 0.2) is 0 Å². The lowest BCUT2D eigenvalue weighted by Crippen LogP contribution is -2.53. The van der Waals surface area contributed by atoms with E-state index in [-0.39, 0.29) is 41.6 Å². The molecule has 6 nitrogen and oxygen atoms in total. The summed E-state index contributed by atoms with van der Waals surface area (Å²) in [5.41, 5.74) is 11.0. The number of allylic oxidation sites excluding steroid dienone is 3. The second-order valence-corrected chi connectivity index (χ2v) is 18.8. The fraction of sp³-hybridized carbons (Fsp3) is 0.528. The van der Waals surface area contributed by atoms with Gasteiger partial charge in [-0.25, -0.2) is 0 Å². The van der Waals surface area contributed by atoms with Crippen LogP contribution in [0.25, 0.3) is 0 Å². The zero-order valence-corrected chi connectivity index (χ0v) is 35.0. The Bertz CT molecular complexity index is 1880. The minimum Gasteiger partial charge on any atom is -0.508 e. The van der Waals surface area contributed by atoms with Crippen LogP contribution in [0.4, 0.5) is 0 Å². The Morgan fingerprint density at radius 1 is 0.797 bits per heavy atom. The summed E-state index contributed by atoms with van der Waals surface area (Å²) in [6.07, 6.45) is 28.6. The van der Waals surface area contributed by atoms with Gasteiger partial charge in [-0.2, -0.15) is 0 Å². The van der Waals surface area contributed by atoms with Crippen LogP contribution in [0.15, 0.2) is 115 Å². The van der Waals surface area contributed by atoms with E-state index < -0.39 is 18.0 Å². The van der Waals surface area contributed by atoms with Gasteiger partial charge in [-0.05, 0) is 140 Å². The van der Waals surface area contributed by atoms with Gasteiger partial charge in [0, 0.05) is 5.41 Å². The molecule has 7 rings (SSSR count). The average molecular weight is 800 g/mol. The van der Waals surface area contributed by atoms with Crippen molar-refractivity contribution in [3.05, 3.63) is 138 Å². The Morgan fingerprint density at radius 2 is 1.54 bits per heavy atom. The molecule has 0 aliphatic heterocycles. The SMILES string of the molecule is NC[C@H]1C=C[C@@H](C(=O)O)[C@@H]2[C@H]1[C@H](C[C@@H](CC=C[C@H](O)CC1CCCCC1)CCc1cccc(CO)c1)C=C[C@@H]2[C@]1(c2ccccc2)CCC[C@H](Cc2cccc(O)c2)C1. The predicted octanol–water partition coefficient (Wildman–Crippen LogP) is 10.4. The lowest BCUT2D eigenvalue weighted by atomic mass is 9.48. The Morgan fingerprint density at radius 3 is 2.31 bits per heavy atom. The number of benzene rings is 3. The van der Waals surface area contributed by atoms with Gasteiger partial charge in [0.05, 0.1) is 18.6 Å². The second kappa shape index (κ2) is 20.5. The number of nitrogens with two attached hydrogens (primary N) is 1. The minimum atomic E-state index is -0.753. The Hall–Kier alpha value is -3.97. The summed E-state index contributed by atoms with van der Waals surface area (Å²) < 4.78 is 0. The second-order valence-electron chi connectivity index (χ2n) is 18.8. The van der Waals surface area contributed by atoms with Crippen molar-refractivity contribution in [2.75, 3.05) is 6.54 Å². The number of hydrogen-bond acceptors (Lipinski definition) is 5. The molecule has 2 fully saturated rings. The van der Waals surface area contributed by atoms with Gasteiger partial charge in [-0.3, -0.25) is 4.79 Å². The normalized spacial score (nSPS) is 29.6. The number of aryl methyl sites for hydroxylation is 1. The Balaban J connectivity index is 1.21. The van der Waals surface area contributed by atoms with Gasteiger partial charge in [0.25, 0.3) is 0 Å².